The number of hydrogen-bond donors (Lipinski definition) is 3. The standard InChI is InChI=1S/C19H23N3O3/c1-25-18(23)14-9-21-17-13(2-3-20-17)16(14)22-15-11-4-10-5-12(15)8-19(24,6-10)7-11/h2-3,9-12,15,24H,4-8H2,1H3,(H2,20,21,22)/t10?,11-,12+,15+,19-. The van der Waals surface area contributed by atoms with Gasteiger partial charge in [-0.15, -0.1) is 0 Å². The summed E-state index contributed by atoms with van der Waals surface area (Å²) in [5, 5.41) is 15.4. The molecule has 5 atom stereocenters. The summed E-state index contributed by atoms with van der Waals surface area (Å²) in [6.45, 7) is 0. The molecule has 0 saturated heterocycles. The summed E-state index contributed by atoms with van der Waals surface area (Å²) in [4.78, 5) is 19.7. The average Bonchev–Trinajstić information content (AvgIpc) is 3.04. The molecule has 0 aliphatic heterocycles. The number of carbonyl (C=O) groups is 1. The van der Waals surface area contributed by atoms with Gasteiger partial charge in [0.25, 0.3) is 0 Å². The van der Waals surface area contributed by atoms with E-state index in [1.807, 2.05) is 12.3 Å². The van der Waals surface area contributed by atoms with Crippen molar-refractivity contribution < 1.29 is 14.6 Å². The zero-order chi connectivity index (χ0) is 17.2. The van der Waals surface area contributed by atoms with Crippen molar-refractivity contribution in [3.63, 3.8) is 0 Å². The Balaban J connectivity index is 1.54. The van der Waals surface area contributed by atoms with E-state index in [4.69, 9.17) is 4.74 Å². The van der Waals surface area contributed by atoms with E-state index in [0.717, 1.165) is 36.0 Å². The van der Waals surface area contributed by atoms with Gasteiger partial charge in [-0.05, 0) is 55.9 Å². The van der Waals surface area contributed by atoms with Gasteiger partial charge < -0.3 is 20.1 Å². The number of nitrogens with one attached hydrogen (secondary N) is 2. The maximum atomic E-state index is 12.2. The lowest BCUT2D eigenvalue weighted by Gasteiger charge is -2.58. The number of anilines is 1. The van der Waals surface area contributed by atoms with Gasteiger partial charge in [-0.1, -0.05) is 0 Å². The number of methoxy groups -OCH3 is 1. The van der Waals surface area contributed by atoms with Gasteiger partial charge in [0.1, 0.15) is 11.2 Å². The van der Waals surface area contributed by atoms with Crippen LogP contribution in [0.25, 0.3) is 11.0 Å². The second kappa shape index (κ2) is 5.21. The molecule has 2 aromatic heterocycles. The predicted octanol–water partition coefficient (Wildman–Crippen LogP) is 2.70. The van der Waals surface area contributed by atoms with Gasteiger partial charge in [0.05, 0.1) is 18.4 Å². The number of rotatable bonds is 3. The Kier molecular flexibility index (Phi) is 3.17. The molecule has 6 heteroatoms. The zero-order valence-electron chi connectivity index (χ0n) is 14.3. The van der Waals surface area contributed by atoms with Crippen LogP contribution in [0.1, 0.15) is 42.5 Å². The van der Waals surface area contributed by atoms with E-state index in [1.165, 1.54) is 20.0 Å². The number of aromatic amines is 1. The van der Waals surface area contributed by atoms with Gasteiger partial charge in [-0.2, -0.15) is 0 Å². The second-order valence-electron chi connectivity index (χ2n) is 8.14. The predicted molar refractivity (Wildman–Crippen MR) is 93.3 cm³/mol. The Morgan fingerprint density at radius 1 is 1.36 bits per heavy atom. The van der Waals surface area contributed by atoms with Gasteiger partial charge in [-0.3, -0.25) is 0 Å². The Hall–Kier alpha value is -2.08. The van der Waals surface area contributed by atoms with Crippen molar-refractivity contribution in [3.05, 3.63) is 24.0 Å². The first-order valence-corrected chi connectivity index (χ1v) is 9.10. The topological polar surface area (TPSA) is 87.2 Å². The van der Waals surface area contributed by atoms with Crippen LogP contribution in [-0.4, -0.2) is 39.8 Å². The summed E-state index contributed by atoms with van der Waals surface area (Å²) < 4.78 is 4.96. The summed E-state index contributed by atoms with van der Waals surface area (Å²) in [6.07, 6.45) is 8.47. The SMILES string of the molecule is COC(=O)c1cnc2[nH]ccc2c1N[C@H]1[C@@H]2CC3C[C@H]1C[C@@](O)(C3)C2. The third kappa shape index (κ3) is 2.27. The first kappa shape index (κ1) is 15.2. The van der Waals surface area contributed by atoms with Gasteiger partial charge >= 0.3 is 5.97 Å². The molecule has 3 N–H and O–H groups in total. The van der Waals surface area contributed by atoms with Crippen molar-refractivity contribution in [1.29, 1.82) is 0 Å². The van der Waals surface area contributed by atoms with Crippen LogP contribution < -0.4 is 5.32 Å². The fourth-order valence-electron chi connectivity index (χ4n) is 5.81. The number of aliphatic hydroxyl groups is 1. The molecule has 1 unspecified atom stereocenters. The molecule has 6 rings (SSSR count). The van der Waals surface area contributed by atoms with Crippen LogP contribution in [0.4, 0.5) is 5.69 Å². The minimum absolute atomic E-state index is 0.292. The van der Waals surface area contributed by atoms with Crippen molar-refractivity contribution in [2.75, 3.05) is 12.4 Å². The Labute approximate surface area is 146 Å². The molecule has 4 aliphatic carbocycles. The maximum Gasteiger partial charge on any atom is 0.341 e. The minimum Gasteiger partial charge on any atom is -0.465 e. The summed E-state index contributed by atoms with van der Waals surface area (Å²) in [6, 6.07) is 2.24. The smallest absolute Gasteiger partial charge is 0.341 e. The normalized spacial score (nSPS) is 35.9. The molecule has 132 valence electrons. The lowest BCUT2D eigenvalue weighted by Crippen LogP contribution is -2.59. The molecule has 25 heavy (non-hydrogen) atoms. The zero-order valence-corrected chi connectivity index (χ0v) is 14.3. The number of H-pyrrole nitrogens is 1. The van der Waals surface area contributed by atoms with Crippen LogP contribution in [0.5, 0.6) is 0 Å². The van der Waals surface area contributed by atoms with Gasteiger partial charge in [0.15, 0.2) is 0 Å². The van der Waals surface area contributed by atoms with Crippen LogP contribution in [0.2, 0.25) is 0 Å². The molecule has 0 radical (unpaired) electrons. The Bertz CT molecular complexity index is 830. The molecule has 4 aliphatic rings. The van der Waals surface area contributed by atoms with Crippen LogP contribution in [0, 0.1) is 17.8 Å². The van der Waals surface area contributed by atoms with E-state index in [-0.39, 0.29) is 5.97 Å². The third-order valence-electron chi connectivity index (χ3n) is 6.54. The van der Waals surface area contributed by atoms with E-state index in [9.17, 15) is 9.90 Å². The highest BCUT2D eigenvalue weighted by atomic mass is 16.5. The van der Waals surface area contributed by atoms with Crippen LogP contribution in [0.15, 0.2) is 18.5 Å². The highest BCUT2D eigenvalue weighted by Gasteiger charge is 2.54. The van der Waals surface area contributed by atoms with Crippen LogP contribution >= 0.6 is 0 Å². The third-order valence-corrected chi connectivity index (χ3v) is 6.54. The van der Waals surface area contributed by atoms with Crippen molar-refractivity contribution in [2.45, 2.75) is 43.7 Å². The maximum absolute atomic E-state index is 12.2. The van der Waals surface area contributed by atoms with Crippen LogP contribution in [0.3, 0.4) is 0 Å². The molecule has 0 amide bonds. The molecule has 4 bridgehead atoms. The largest absolute Gasteiger partial charge is 0.465 e. The van der Waals surface area contributed by atoms with E-state index in [0.29, 0.717) is 29.4 Å². The molecule has 2 aromatic rings. The lowest BCUT2D eigenvalue weighted by atomic mass is 9.52. The number of fused-ring (bicyclic) bond motifs is 1. The second-order valence-corrected chi connectivity index (χ2v) is 8.14. The van der Waals surface area contributed by atoms with Crippen molar-refractivity contribution in [1.82, 2.24) is 9.97 Å². The number of pyridine rings is 1. The first-order chi connectivity index (χ1) is 12.1. The minimum atomic E-state index is -0.457. The fourth-order valence-corrected chi connectivity index (χ4v) is 5.81. The highest BCUT2D eigenvalue weighted by molar-refractivity contribution is 6.04. The van der Waals surface area contributed by atoms with Crippen molar-refractivity contribution >= 4 is 22.7 Å². The highest BCUT2D eigenvalue weighted by Crippen LogP contribution is 2.56. The average molecular weight is 341 g/mol. The molecule has 0 aromatic carbocycles. The molecule has 0 spiro atoms. The summed E-state index contributed by atoms with van der Waals surface area (Å²) in [5.41, 5.74) is 1.59. The van der Waals surface area contributed by atoms with Gasteiger partial charge in [-0.25, -0.2) is 9.78 Å². The lowest BCUT2D eigenvalue weighted by molar-refractivity contribution is -0.129. The van der Waals surface area contributed by atoms with E-state index < -0.39 is 5.60 Å². The Morgan fingerprint density at radius 2 is 2.12 bits per heavy atom. The quantitative estimate of drug-likeness (QED) is 0.747. The number of esters is 1. The van der Waals surface area contributed by atoms with E-state index >= 15 is 0 Å². The number of hydrogen-bond acceptors (Lipinski definition) is 5. The van der Waals surface area contributed by atoms with Gasteiger partial charge in [0, 0.05) is 23.8 Å². The molecule has 2 heterocycles. The number of carbonyl (C=O) groups excluding carboxylic acids is 1. The van der Waals surface area contributed by atoms with E-state index in [2.05, 4.69) is 15.3 Å². The molecule has 4 saturated carbocycles. The fraction of sp³-hybridized carbons (Fsp3) is 0.579. The number of nitrogens with zero attached hydrogens (tertiary/aromatic N) is 1. The number of ether oxygens (including phenoxy) is 1. The van der Waals surface area contributed by atoms with E-state index in [1.54, 1.807) is 6.20 Å². The van der Waals surface area contributed by atoms with Crippen molar-refractivity contribution in [3.8, 4) is 0 Å². The molecule has 6 nitrogen and oxygen atoms in total. The molecular weight excluding hydrogens is 318 g/mol. The monoisotopic (exact) mass is 341 g/mol. The van der Waals surface area contributed by atoms with Gasteiger partial charge in [0.2, 0.25) is 0 Å². The molecular formula is C19H23N3O3. The summed E-state index contributed by atoms with van der Waals surface area (Å²) in [7, 11) is 1.39. The number of aromatic nitrogens is 2. The summed E-state index contributed by atoms with van der Waals surface area (Å²) >= 11 is 0. The first-order valence-electron chi connectivity index (χ1n) is 9.10. The summed E-state index contributed by atoms with van der Waals surface area (Å²) in [5.74, 6) is 1.21. The molecule has 4 fully saturated rings. The van der Waals surface area contributed by atoms with Crippen molar-refractivity contribution in [2.24, 2.45) is 17.8 Å². The Morgan fingerprint density at radius 3 is 2.80 bits per heavy atom. The van der Waals surface area contributed by atoms with Crippen LogP contribution in [-0.2, 0) is 4.74 Å².